The van der Waals surface area contributed by atoms with Gasteiger partial charge in [-0.2, -0.15) is 0 Å². The molecule has 8 heteroatoms. The van der Waals surface area contributed by atoms with E-state index < -0.39 is 0 Å². The zero-order chi connectivity index (χ0) is 20.9. The van der Waals surface area contributed by atoms with Crippen LogP contribution in [0.25, 0.3) is 0 Å². The lowest BCUT2D eigenvalue weighted by atomic mass is 10.0. The summed E-state index contributed by atoms with van der Waals surface area (Å²) in [6, 6.07) is 14.5. The second-order valence-electron chi connectivity index (χ2n) is 7.22. The number of hydrogen-bond donors (Lipinski definition) is 1. The minimum absolute atomic E-state index is 0.270. The van der Waals surface area contributed by atoms with Gasteiger partial charge in [0.15, 0.2) is 0 Å². The highest BCUT2D eigenvalue weighted by Crippen LogP contribution is 2.34. The van der Waals surface area contributed by atoms with E-state index >= 15 is 0 Å². The quantitative estimate of drug-likeness (QED) is 0.620. The Hall–Kier alpha value is -2.84. The Balaban J connectivity index is 1.37. The van der Waals surface area contributed by atoms with Crippen molar-refractivity contribution in [2.45, 2.75) is 32.0 Å². The van der Waals surface area contributed by atoms with Crippen molar-refractivity contribution in [3.63, 3.8) is 0 Å². The van der Waals surface area contributed by atoms with Gasteiger partial charge in [0.1, 0.15) is 16.6 Å². The number of halogens is 1. The van der Waals surface area contributed by atoms with Crippen LogP contribution in [-0.2, 0) is 13.1 Å². The number of hydrogen-bond acceptors (Lipinski definition) is 6. The van der Waals surface area contributed by atoms with Gasteiger partial charge < -0.3 is 10.1 Å². The van der Waals surface area contributed by atoms with Crippen LogP contribution in [0.4, 0.5) is 4.39 Å². The summed E-state index contributed by atoms with van der Waals surface area (Å²) in [5.41, 5.74) is 2.06. The first-order valence-corrected chi connectivity index (χ1v) is 10.7. The Bertz CT molecular complexity index is 1010. The van der Waals surface area contributed by atoms with Gasteiger partial charge in [0, 0.05) is 12.6 Å². The van der Waals surface area contributed by atoms with Crippen LogP contribution in [0.1, 0.15) is 44.8 Å². The number of carbonyl (C=O) groups excluding carboxylic acids is 1. The number of amides is 1. The fourth-order valence-electron chi connectivity index (χ4n) is 3.68. The maximum Gasteiger partial charge on any atom is 0.282 e. The van der Waals surface area contributed by atoms with Gasteiger partial charge in [-0.05, 0) is 54.8 Å². The highest BCUT2D eigenvalue weighted by molar-refractivity contribution is 7.13. The Kier molecular flexibility index (Phi) is 6.35. The molecule has 0 aliphatic carbocycles. The van der Waals surface area contributed by atoms with Crippen LogP contribution in [-0.4, -0.2) is 34.7 Å². The molecule has 1 atom stereocenters. The molecular formula is C22H23FN4O2S. The summed E-state index contributed by atoms with van der Waals surface area (Å²) in [5.74, 6) is 0.289. The first-order chi connectivity index (χ1) is 14.6. The van der Waals surface area contributed by atoms with E-state index in [-0.39, 0.29) is 11.7 Å². The van der Waals surface area contributed by atoms with Crippen LogP contribution in [0.15, 0.2) is 48.5 Å². The first kappa shape index (κ1) is 20.4. The lowest BCUT2D eigenvalue weighted by Crippen LogP contribution is -2.23. The summed E-state index contributed by atoms with van der Waals surface area (Å²) in [5, 5.41) is 12.2. The fraction of sp³-hybridized carbons (Fsp3) is 0.318. The van der Waals surface area contributed by atoms with E-state index in [1.807, 2.05) is 12.1 Å². The minimum Gasteiger partial charge on any atom is -0.497 e. The number of ether oxygens (including phenoxy) is 1. The molecule has 1 unspecified atom stereocenters. The molecule has 30 heavy (non-hydrogen) atoms. The zero-order valence-corrected chi connectivity index (χ0v) is 17.5. The molecule has 3 aromatic rings. The van der Waals surface area contributed by atoms with Gasteiger partial charge in [0.05, 0.1) is 13.7 Å². The van der Waals surface area contributed by atoms with Crippen molar-refractivity contribution in [2.24, 2.45) is 0 Å². The highest BCUT2D eigenvalue weighted by Gasteiger charge is 2.27. The number of rotatable bonds is 7. The van der Waals surface area contributed by atoms with Gasteiger partial charge in [0.25, 0.3) is 5.91 Å². The number of likely N-dealkylation sites (tertiary alicyclic amines) is 1. The Morgan fingerprint density at radius 2 is 2.10 bits per heavy atom. The van der Waals surface area contributed by atoms with E-state index in [0.29, 0.717) is 24.1 Å². The highest BCUT2D eigenvalue weighted by atomic mass is 32.1. The van der Waals surface area contributed by atoms with Gasteiger partial charge in [-0.3, -0.25) is 9.69 Å². The lowest BCUT2D eigenvalue weighted by Gasteiger charge is -2.23. The molecule has 2 aromatic carbocycles. The molecule has 1 N–H and O–H groups in total. The van der Waals surface area contributed by atoms with E-state index in [0.717, 1.165) is 35.7 Å². The molecule has 0 spiro atoms. The zero-order valence-electron chi connectivity index (χ0n) is 16.7. The molecule has 156 valence electrons. The third kappa shape index (κ3) is 4.83. The number of aromatic nitrogens is 2. The van der Waals surface area contributed by atoms with E-state index in [1.165, 1.54) is 29.0 Å². The summed E-state index contributed by atoms with van der Waals surface area (Å²) >= 11 is 1.31. The van der Waals surface area contributed by atoms with E-state index in [1.54, 1.807) is 19.2 Å². The maximum absolute atomic E-state index is 13.0. The van der Waals surface area contributed by atoms with E-state index in [9.17, 15) is 9.18 Å². The molecule has 6 nitrogen and oxygen atoms in total. The van der Waals surface area contributed by atoms with Crippen LogP contribution in [0.3, 0.4) is 0 Å². The Morgan fingerprint density at radius 3 is 2.90 bits per heavy atom. The number of carbonyl (C=O) groups is 1. The number of nitrogens with zero attached hydrogens (tertiary/aromatic N) is 3. The molecule has 1 aromatic heterocycles. The monoisotopic (exact) mass is 426 g/mol. The molecule has 0 bridgehead atoms. The molecule has 0 saturated carbocycles. The molecular weight excluding hydrogens is 403 g/mol. The Labute approximate surface area is 178 Å². The summed E-state index contributed by atoms with van der Waals surface area (Å²) in [4.78, 5) is 14.8. The lowest BCUT2D eigenvalue weighted by molar-refractivity contribution is 0.0950. The third-order valence-corrected chi connectivity index (χ3v) is 6.11. The third-order valence-electron chi connectivity index (χ3n) is 5.21. The van der Waals surface area contributed by atoms with Gasteiger partial charge in [-0.25, -0.2) is 4.39 Å². The van der Waals surface area contributed by atoms with Crippen LogP contribution in [0, 0.1) is 5.82 Å². The topological polar surface area (TPSA) is 67.3 Å². The molecule has 1 fully saturated rings. The standard InChI is InChI=1S/C22H23FN4O2S/c1-29-18-5-2-4-16(12-18)19-6-3-11-27(19)14-20-25-26-22(30-20)21(28)24-13-15-7-9-17(23)10-8-15/h2,4-5,7-10,12,19H,3,6,11,13-14H2,1H3,(H,24,28). The largest absolute Gasteiger partial charge is 0.497 e. The summed E-state index contributed by atoms with van der Waals surface area (Å²) in [6.07, 6.45) is 2.20. The fourth-order valence-corrected chi connectivity index (χ4v) is 4.47. The van der Waals surface area contributed by atoms with Crippen molar-refractivity contribution in [3.8, 4) is 5.75 Å². The minimum atomic E-state index is -0.298. The van der Waals surface area contributed by atoms with E-state index in [2.05, 4.69) is 32.5 Å². The normalized spacial score (nSPS) is 16.5. The summed E-state index contributed by atoms with van der Waals surface area (Å²) in [7, 11) is 1.68. The van der Waals surface area contributed by atoms with Gasteiger partial charge in [-0.1, -0.05) is 35.6 Å². The number of nitrogens with one attached hydrogen (secondary N) is 1. The second kappa shape index (κ2) is 9.32. The van der Waals surface area contributed by atoms with Crippen molar-refractivity contribution >= 4 is 17.2 Å². The molecule has 1 aliphatic heterocycles. The first-order valence-electron chi connectivity index (χ1n) is 9.85. The smallest absolute Gasteiger partial charge is 0.282 e. The van der Waals surface area contributed by atoms with Gasteiger partial charge in [-0.15, -0.1) is 10.2 Å². The molecule has 1 amide bonds. The average molecular weight is 427 g/mol. The number of methoxy groups -OCH3 is 1. The second-order valence-corrected chi connectivity index (χ2v) is 8.28. The van der Waals surface area contributed by atoms with Crippen LogP contribution < -0.4 is 10.1 Å². The van der Waals surface area contributed by atoms with Crippen molar-refractivity contribution in [2.75, 3.05) is 13.7 Å². The van der Waals surface area contributed by atoms with Crippen molar-refractivity contribution in [1.29, 1.82) is 0 Å². The molecule has 2 heterocycles. The maximum atomic E-state index is 13.0. The molecule has 1 saturated heterocycles. The average Bonchev–Trinajstić information content (AvgIpc) is 3.43. The predicted molar refractivity (Wildman–Crippen MR) is 113 cm³/mol. The summed E-state index contributed by atoms with van der Waals surface area (Å²) in [6.45, 7) is 1.95. The van der Waals surface area contributed by atoms with Crippen molar-refractivity contribution in [3.05, 3.63) is 75.5 Å². The van der Waals surface area contributed by atoms with Crippen molar-refractivity contribution < 1.29 is 13.9 Å². The molecule has 0 radical (unpaired) electrons. The SMILES string of the molecule is COc1cccc(C2CCCN2Cc2nnc(C(=O)NCc3ccc(F)cc3)s2)c1. The van der Waals surface area contributed by atoms with Crippen LogP contribution in [0.5, 0.6) is 5.75 Å². The Morgan fingerprint density at radius 1 is 1.27 bits per heavy atom. The van der Waals surface area contributed by atoms with Gasteiger partial charge in [0.2, 0.25) is 5.01 Å². The van der Waals surface area contributed by atoms with Crippen LogP contribution >= 0.6 is 11.3 Å². The van der Waals surface area contributed by atoms with Crippen LogP contribution in [0.2, 0.25) is 0 Å². The molecule has 4 rings (SSSR count). The van der Waals surface area contributed by atoms with Gasteiger partial charge >= 0.3 is 0 Å². The van der Waals surface area contributed by atoms with E-state index in [4.69, 9.17) is 4.74 Å². The summed E-state index contributed by atoms with van der Waals surface area (Å²) < 4.78 is 18.3. The number of benzene rings is 2. The molecule has 1 aliphatic rings. The predicted octanol–water partition coefficient (Wildman–Crippen LogP) is 3.95. The van der Waals surface area contributed by atoms with Crippen molar-refractivity contribution in [1.82, 2.24) is 20.4 Å².